The van der Waals surface area contributed by atoms with Crippen molar-refractivity contribution in [3.05, 3.63) is 11.9 Å². The van der Waals surface area contributed by atoms with Crippen LogP contribution in [0.25, 0.3) is 0 Å². The lowest BCUT2D eigenvalue weighted by molar-refractivity contribution is 0.201. The number of nitrogens with two attached hydrogens (primary N) is 1. The summed E-state index contributed by atoms with van der Waals surface area (Å²) in [5.74, 6) is 2.32. The number of anilines is 1. The van der Waals surface area contributed by atoms with Crippen LogP contribution in [0, 0.1) is 6.92 Å². The van der Waals surface area contributed by atoms with Gasteiger partial charge in [0.1, 0.15) is 11.6 Å². The van der Waals surface area contributed by atoms with Gasteiger partial charge in [-0.2, -0.15) is 4.98 Å². The summed E-state index contributed by atoms with van der Waals surface area (Å²) in [5.41, 5.74) is 5.71. The van der Waals surface area contributed by atoms with Crippen molar-refractivity contribution >= 4 is 5.82 Å². The molecule has 1 saturated heterocycles. The lowest BCUT2D eigenvalue weighted by Crippen LogP contribution is -2.51. The van der Waals surface area contributed by atoms with E-state index in [1.807, 2.05) is 13.0 Å². The summed E-state index contributed by atoms with van der Waals surface area (Å²) in [5, 5.41) is 0. The molecule has 1 aliphatic heterocycles. The number of methoxy groups -OCH3 is 1. The van der Waals surface area contributed by atoms with Crippen LogP contribution in [-0.2, 0) is 0 Å². The van der Waals surface area contributed by atoms with E-state index in [0.717, 1.165) is 37.8 Å². The maximum absolute atomic E-state index is 5.71. The minimum absolute atomic E-state index is 0.448. The topological polar surface area (TPSA) is 67.5 Å². The second-order valence-corrected chi connectivity index (χ2v) is 4.92. The van der Waals surface area contributed by atoms with Gasteiger partial charge in [0.05, 0.1) is 7.11 Å². The molecule has 2 heterocycles. The molecule has 106 valence electrons. The molecular weight excluding hydrogens is 242 g/mol. The molecule has 0 bridgehead atoms. The summed E-state index contributed by atoms with van der Waals surface area (Å²) >= 11 is 0. The average Bonchev–Trinajstić information content (AvgIpc) is 2.46. The molecule has 0 aliphatic carbocycles. The van der Waals surface area contributed by atoms with Crippen LogP contribution in [0.3, 0.4) is 0 Å². The molecule has 0 saturated carbocycles. The Morgan fingerprint density at radius 2 is 2.00 bits per heavy atom. The number of ether oxygens (including phenoxy) is 1. The molecule has 1 atom stereocenters. The van der Waals surface area contributed by atoms with Crippen LogP contribution in [0.1, 0.15) is 12.7 Å². The standard InChI is InChI=1S/C13H23N5O/c1-10(9-14)17-4-6-18(7-5-17)12-8-13(19-3)16-11(2)15-12/h8,10H,4-7,9,14H2,1-3H3. The summed E-state index contributed by atoms with van der Waals surface area (Å²) in [7, 11) is 1.63. The summed E-state index contributed by atoms with van der Waals surface area (Å²) < 4.78 is 5.20. The molecule has 0 amide bonds. The van der Waals surface area contributed by atoms with Crippen LogP contribution in [0.5, 0.6) is 5.88 Å². The van der Waals surface area contributed by atoms with E-state index in [9.17, 15) is 0 Å². The minimum Gasteiger partial charge on any atom is -0.481 e. The maximum atomic E-state index is 5.71. The SMILES string of the molecule is COc1cc(N2CCN(C(C)CN)CC2)nc(C)n1. The van der Waals surface area contributed by atoms with Crippen LogP contribution < -0.4 is 15.4 Å². The van der Waals surface area contributed by atoms with Gasteiger partial charge in [-0.1, -0.05) is 0 Å². The van der Waals surface area contributed by atoms with Crippen molar-refractivity contribution in [2.45, 2.75) is 19.9 Å². The van der Waals surface area contributed by atoms with Gasteiger partial charge in [-0.25, -0.2) is 4.98 Å². The number of rotatable bonds is 4. The van der Waals surface area contributed by atoms with E-state index in [1.54, 1.807) is 7.11 Å². The summed E-state index contributed by atoms with van der Waals surface area (Å²) in [6.07, 6.45) is 0. The molecule has 6 heteroatoms. The smallest absolute Gasteiger partial charge is 0.218 e. The average molecular weight is 265 g/mol. The summed E-state index contributed by atoms with van der Waals surface area (Å²) in [6, 6.07) is 2.35. The summed E-state index contributed by atoms with van der Waals surface area (Å²) in [4.78, 5) is 13.4. The van der Waals surface area contributed by atoms with Gasteiger partial charge < -0.3 is 15.4 Å². The molecule has 0 aromatic carbocycles. The number of aromatic nitrogens is 2. The molecule has 1 fully saturated rings. The highest BCUT2D eigenvalue weighted by Crippen LogP contribution is 2.19. The van der Waals surface area contributed by atoms with Crippen molar-refractivity contribution in [1.29, 1.82) is 0 Å². The first-order valence-corrected chi connectivity index (χ1v) is 6.72. The van der Waals surface area contributed by atoms with E-state index >= 15 is 0 Å². The maximum Gasteiger partial charge on any atom is 0.218 e. The Morgan fingerprint density at radius 3 is 2.58 bits per heavy atom. The fourth-order valence-corrected chi connectivity index (χ4v) is 2.33. The molecule has 1 aromatic heterocycles. The number of aryl methyl sites for hydroxylation is 1. The Kier molecular flexibility index (Phi) is 4.55. The van der Waals surface area contributed by atoms with Gasteiger partial charge in [0, 0.05) is 44.8 Å². The Morgan fingerprint density at radius 1 is 1.32 bits per heavy atom. The van der Waals surface area contributed by atoms with Crippen LogP contribution in [-0.4, -0.2) is 60.7 Å². The van der Waals surface area contributed by atoms with Crippen molar-refractivity contribution in [2.75, 3.05) is 44.7 Å². The lowest BCUT2D eigenvalue weighted by atomic mass is 10.2. The third kappa shape index (κ3) is 3.33. The van der Waals surface area contributed by atoms with Crippen molar-refractivity contribution in [1.82, 2.24) is 14.9 Å². The highest BCUT2D eigenvalue weighted by Gasteiger charge is 2.21. The van der Waals surface area contributed by atoms with E-state index in [1.165, 1.54) is 0 Å². The second-order valence-electron chi connectivity index (χ2n) is 4.92. The van der Waals surface area contributed by atoms with Crippen LogP contribution in [0.4, 0.5) is 5.82 Å². The quantitative estimate of drug-likeness (QED) is 0.842. The Bertz CT molecular complexity index is 417. The molecule has 1 aromatic rings. The molecule has 2 N–H and O–H groups in total. The number of hydrogen-bond acceptors (Lipinski definition) is 6. The molecule has 6 nitrogen and oxygen atoms in total. The molecule has 0 radical (unpaired) electrons. The van der Waals surface area contributed by atoms with Crippen LogP contribution >= 0.6 is 0 Å². The van der Waals surface area contributed by atoms with Crippen molar-refractivity contribution in [2.24, 2.45) is 5.73 Å². The number of hydrogen-bond donors (Lipinski definition) is 1. The lowest BCUT2D eigenvalue weighted by Gasteiger charge is -2.38. The molecule has 0 spiro atoms. The zero-order chi connectivity index (χ0) is 13.8. The van der Waals surface area contributed by atoms with Gasteiger partial charge in [0.15, 0.2) is 0 Å². The monoisotopic (exact) mass is 265 g/mol. The number of piperazine rings is 1. The highest BCUT2D eigenvalue weighted by atomic mass is 16.5. The van der Waals surface area contributed by atoms with E-state index < -0.39 is 0 Å². The first-order valence-electron chi connectivity index (χ1n) is 6.72. The van der Waals surface area contributed by atoms with E-state index in [2.05, 4.69) is 26.7 Å². The normalized spacial score (nSPS) is 18.4. The highest BCUT2D eigenvalue weighted by molar-refractivity contribution is 5.42. The second kappa shape index (κ2) is 6.16. The molecule has 1 aliphatic rings. The predicted octanol–water partition coefficient (Wildman–Crippen LogP) is 0.263. The first-order chi connectivity index (χ1) is 9.13. The predicted molar refractivity (Wildman–Crippen MR) is 75.6 cm³/mol. The first kappa shape index (κ1) is 14.0. The fraction of sp³-hybridized carbons (Fsp3) is 0.692. The van der Waals surface area contributed by atoms with E-state index in [0.29, 0.717) is 18.5 Å². The van der Waals surface area contributed by atoms with Gasteiger partial charge in [-0.15, -0.1) is 0 Å². The third-order valence-electron chi connectivity index (χ3n) is 3.61. The van der Waals surface area contributed by atoms with Crippen LogP contribution in [0.15, 0.2) is 6.07 Å². The minimum atomic E-state index is 0.448. The molecule has 2 rings (SSSR count). The third-order valence-corrected chi connectivity index (χ3v) is 3.61. The Balaban J connectivity index is 2.03. The van der Waals surface area contributed by atoms with E-state index in [4.69, 9.17) is 10.5 Å². The zero-order valence-corrected chi connectivity index (χ0v) is 12.0. The van der Waals surface area contributed by atoms with Crippen molar-refractivity contribution in [3.63, 3.8) is 0 Å². The van der Waals surface area contributed by atoms with E-state index in [-0.39, 0.29) is 0 Å². The Labute approximate surface area is 114 Å². The summed E-state index contributed by atoms with van der Waals surface area (Å²) in [6.45, 7) is 8.73. The zero-order valence-electron chi connectivity index (χ0n) is 12.0. The van der Waals surface area contributed by atoms with Crippen LogP contribution in [0.2, 0.25) is 0 Å². The van der Waals surface area contributed by atoms with Gasteiger partial charge in [-0.05, 0) is 13.8 Å². The van der Waals surface area contributed by atoms with Crippen molar-refractivity contribution < 1.29 is 4.74 Å². The molecular formula is C13H23N5O. The Hall–Kier alpha value is -1.40. The number of nitrogens with zero attached hydrogens (tertiary/aromatic N) is 4. The molecule has 1 unspecified atom stereocenters. The van der Waals surface area contributed by atoms with Gasteiger partial charge in [0.2, 0.25) is 5.88 Å². The van der Waals surface area contributed by atoms with Gasteiger partial charge >= 0.3 is 0 Å². The largest absolute Gasteiger partial charge is 0.481 e. The van der Waals surface area contributed by atoms with Gasteiger partial charge in [-0.3, -0.25) is 4.90 Å². The van der Waals surface area contributed by atoms with Gasteiger partial charge in [0.25, 0.3) is 0 Å². The molecule has 19 heavy (non-hydrogen) atoms. The van der Waals surface area contributed by atoms with Crippen molar-refractivity contribution in [3.8, 4) is 5.88 Å². The fourth-order valence-electron chi connectivity index (χ4n) is 2.33.